The largest absolute Gasteiger partial charge is 0.369 e. The molecule has 3 aromatic rings. The summed E-state index contributed by atoms with van der Waals surface area (Å²) in [5.41, 5.74) is 2.65. The van der Waals surface area contributed by atoms with E-state index in [0.29, 0.717) is 0 Å². The molecule has 4 rings (SSSR count). The predicted octanol–water partition coefficient (Wildman–Crippen LogP) is 5.97. The molecule has 2 aromatic heterocycles. The Morgan fingerprint density at radius 2 is 2.00 bits per heavy atom. The molecule has 1 aliphatic rings. The summed E-state index contributed by atoms with van der Waals surface area (Å²) in [6.45, 7) is 3.06. The van der Waals surface area contributed by atoms with Crippen LogP contribution in [0.5, 0.6) is 0 Å². The van der Waals surface area contributed by atoms with Crippen molar-refractivity contribution in [2.75, 3.05) is 11.9 Å². The van der Waals surface area contributed by atoms with Crippen molar-refractivity contribution in [1.82, 2.24) is 9.97 Å². The number of aryl methyl sites for hydroxylation is 1. The lowest BCUT2D eigenvalue weighted by atomic mass is 9.97. The van der Waals surface area contributed by atoms with Crippen LogP contribution in [-0.2, 0) is 0 Å². The maximum Gasteiger partial charge on any atom is 0.163 e. The highest BCUT2D eigenvalue weighted by Gasteiger charge is 2.12. The van der Waals surface area contributed by atoms with E-state index >= 15 is 0 Å². The van der Waals surface area contributed by atoms with Gasteiger partial charge in [0.15, 0.2) is 5.82 Å². The summed E-state index contributed by atoms with van der Waals surface area (Å²) in [7, 11) is 0. The monoisotopic (exact) mass is 349 g/mol. The molecule has 0 radical (unpaired) electrons. The number of nitrogens with zero attached hydrogens (tertiary/aromatic N) is 2. The minimum atomic E-state index is 0.800. The molecule has 3 nitrogen and oxygen atoms in total. The minimum absolute atomic E-state index is 0.800. The van der Waals surface area contributed by atoms with Gasteiger partial charge in [-0.1, -0.05) is 42.0 Å². The van der Waals surface area contributed by atoms with Crippen LogP contribution < -0.4 is 5.32 Å². The van der Waals surface area contributed by atoms with Crippen LogP contribution in [0, 0.1) is 6.92 Å². The number of rotatable bonds is 5. The van der Waals surface area contributed by atoms with E-state index in [-0.39, 0.29) is 0 Å². The lowest BCUT2D eigenvalue weighted by molar-refractivity contribution is 0.679. The lowest BCUT2D eigenvalue weighted by Gasteiger charge is -2.14. The fourth-order valence-electron chi connectivity index (χ4n) is 3.37. The molecule has 0 fully saturated rings. The highest BCUT2D eigenvalue weighted by atomic mass is 32.1. The molecule has 25 heavy (non-hydrogen) atoms. The first-order valence-corrected chi connectivity index (χ1v) is 9.86. The van der Waals surface area contributed by atoms with E-state index in [4.69, 9.17) is 9.97 Å². The topological polar surface area (TPSA) is 37.8 Å². The van der Waals surface area contributed by atoms with Gasteiger partial charge in [0.1, 0.15) is 10.6 Å². The van der Waals surface area contributed by atoms with Gasteiger partial charge >= 0.3 is 0 Å². The van der Waals surface area contributed by atoms with Crippen molar-refractivity contribution in [3.05, 3.63) is 52.9 Å². The zero-order valence-electron chi connectivity index (χ0n) is 14.6. The fraction of sp³-hybridized carbons (Fsp3) is 0.333. The van der Waals surface area contributed by atoms with Crippen molar-refractivity contribution in [2.45, 2.75) is 39.0 Å². The molecule has 1 aromatic carbocycles. The number of hydrogen-bond donors (Lipinski definition) is 1. The van der Waals surface area contributed by atoms with Crippen LogP contribution in [-0.4, -0.2) is 16.5 Å². The predicted molar refractivity (Wildman–Crippen MR) is 107 cm³/mol. The smallest absolute Gasteiger partial charge is 0.163 e. The molecule has 128 valence electrons. The second-order valence-corrected chi connectivity index (χ2v) is 7.86. The average Bonchev–Trinajstić information content (AvgIpc) is 3.03. The van der Waals surface area contributed by atoms with E-state index in [9.17, 15) is 0 Å². The van der Waals surface area contributed by atoms with E-state index < -0.39 is 0 Å². The van der Waals surface area contributed by atoms with Gasteiger partial charge in [0.05, 0.1) is 5.39 Å². The molecule has 1 N–H and O–H groups in total. The van der Waals surface area contributed by atoms with Crippen LogP contribution in [0.2, 0.25) is 0 Å². The average molecular weight is 350 g/mol. The molecule has 0 amide bonds. The first kappa shape index (κ1) is 16.3. The number of nitrogens with one attached hydrogen (secondary N) is 1. The van der Waals surface area contributed by atoms with Gasteiger partial charge in [0.25, 0.3) is 0 Å². The van der Waals surface area contributed by atoms with Crippen molar-refractivity contribution in [1.29, 1.82) is 0 Å². The van der Waals surface area contributed by atoms with Crippen LogP contribution in [0.4, 0.5) is 5.82 Å². The third-order valence-electron chi connectivity index (χ3n) is 4.67. The van der Waals surface area contributed by atoms with Crippen LogP contribution >= 0.6 is 11.3 Å². The number of hydrogen-bond acceptors (Lipinski definition) is 4. The van der Waals surface area contributed by atoms with Crippen LogP contribution in [0.15, 0.2) is 48.0 Å². The first-order valence-electron chi connectivity index (χ1n) is 9.05. The summed E-state index contributed by atoms with van der Waals surface area (Å²) in [4.78, 5) is 11.9. The standard InChI is InChI=1S/C21H23N3S/c1-15-14-18-20(22-13-12-16-8-4-2-5-9-16)23-19(24-21(18)25-15)17-10-6-3-7-11-17/h3,6-8,10-11,14H,2,4-5,9,12-13H2,1H3,(H,22,23,24). The van der Waals surface area contributed by atoms with Crippen LogP contribution in [0.3, 0.4) is 0 Å². The molecule has 0 spiro atoms. The Morgan fingerprint density at radius 3 is 2.80 bits per heavy atom. The summed E-state index contributed by atoms with van der Waals surface area (Å²) in [5, 5.41) is 4.71. The molecule has 0 atom stereocenters. The van der Waals surface area contributed by atoms with E-state index in [1.807, 2.05) is 18.2 Å². The van der Waals surface area contributed by atoms with Crippen molar-refractivity contribution < 1.29 is 0 Å². The Hall–Kier alpha value is -2.20. The second-order valence-electron chi connectivity index (χ2n) is 6.62. The quantitative estimate of drug-likeness (QED) is 0.577. The summed E-state index contributed by atoms with van der Waals surface area (Å²) in [6, 6.07) is 12.4. The van der Waals surface area contributed by atoms with Gasteiger partial charge in [-0.2, -0.15) is 0 Å². The molecule has 0 bridgehead atoms. The SMILES string of the molecule is Cc1cc2c(NCCC3=CCCCC3)nc(-c3ccccc3)nc2s1. The number of aromatic nitrogens is 2. The number of anilines is 1. The van der Waals surface area contributed by atoms with E-state index in [0.717, 1.165) is 40.4 Å². The van der Waals surface area contributed by atoms with E-state index in [2.05, 4.69) is 36.5 Å². The first-order chi connectivity index (χ1) is 12.3. The van der Waals surface area contributed by atoms with Gasteiger partial charge in [-0.15, -0.1) is 11.3 Å². The minimum Gasteiger partial charge on any atom is -0.369 e. The number of benzene rings is 1. The maximum atomic E-state index is 4.83. The number of allylic oxidation sites excluding steroid dienone is 1. The molecular weight excluding hydrogens is 326 g/mol. The molecule has 0 unspecified atom stereocenters. The third-order valence-corrected chi connectivity index (χ3v) is 5.62. The van der Waals surface area contributed by atoms with Gasteiger partial charge in [-0.25, -0.2) is 9.97 Å². The Morgan fingerprint density at radius 1 is 1.12 bits per heavy atom. The second kappa shape index (κ2) is 7.36. The molecular formula is C21H23N3S. The van der Waals surface area contributed by atoms with Gasteiger partial charge in [0, 0.05) is 17.0 Å². The van der Waals surface area contributed by atoms with Crippen LogP contribution in [0.25, 0.3) is 21.6 Å². The Kier molecular flexibility index (Phi) is 4.79. The van der Waals surface area contributed by atoms with Crippen LogP contribution in [0.1, 0.15) is 37.0 Å². The molecule has 4 heteroatoms. The summed E-state index contributed by atoms with van der Waals surface area (Å²) < 4.78 is 0. The summed E-state index contributed by atoms with van der Waals surface area (Å²) in [5.74, 6) is 1.76. The molecule has 2 heterocycles. The van der Waals surface area contributed by atoms with Gasteiger partial charge in [-0.05, 0) is 45.1 Å². The lowest BCUT2D eigenvalue weighted by Crippen LogP contribution is -2.07. The Labute approximate surface area is 152 Å². The third kappa shape index (κ3) is 3.74. The van der Waals surface area contributed by atoms with Crippen molar-refractivity contribution in [2.24, 2.45) is 0 Å². The number of thiophene rings is 1. The molecule has 0 saturated heterocycles. The van der Waals surface area contributed by atoms with Crippen molar-refractivity contribution in [3.63, 3.8) is 0 Å². The van der Waals surface area contributed by atoms with Gasteiger partial charge in [0.2, 0.25) is 0 Å². The highest BCUT2D eigenvalue weighted by Crippen LogP contribution is 2.31. The fourth-order valence-corrected chi connectivity index (χ4v) is 4.25. The summed E-state index contributed by atoms with van der Waals surface area (Å²) in [6.07, 6.45) is 8.71. The molecule has 0 aliphatic heterocycles. The van der Waals surface area contributed by atoms with Gasteiger partial charge in [-0.3, -0.25) is 0 Å². The normalized spacial score (nSPS) is 14.5. The summed E-state index contributed by atoms with van der Waals surface area (Å²) >= 11 is 1.73. The number of fused-ring (bicyclic) bond motifs is 1. The van der Waals surface area contributed by atoms with Gasteiger partial charge < -0.3 is 5.32 Å². The Bertz CT molecular complexity index is 896. The zero-order chi connectivity index (χ0) is 17.1. The molecule has 0 saturated carbocycles. The zero-order valence-corrected chi connectivity index (χ0v) is 15.4. The van der Waals surface area contributed by atoms with Crippen molar-refractivity contribution >= 4 is 27.4 Å². The van der Waals surface area contributed by atoms with E-state index in [1.165, 1.54) is 30.6 Å². The molecule has 1 aliphatic carbocycles. The Balaban J connectivity index is 1.61. The highest BCUT2D eigenvalue weighted by molar-refractivity contribution is 7.18. The maximum absolute atomic E-state index is 4.83. The van der Waals surface area contributed by atoms with E-state index in [1.54, 1.807) is 16.9 Å². The van der Waals surface area contributed by atoms with Crippen molar-refractivity contribution in [3.8, 4) is 11.4 Å².